The molecule has 6 nitrogen and oxygen atoms in total. The van der Waals surface area contributed by atoms with Crippen LogP contribution >= 0.6 is 0 Å². The average molecular weight is 305 g/mol. The second-order valence-corrected chi connectivity index (χ2v) is 5.04. The van der Waals surface area contributed by atoms with Crippen LogP contribution in [0.4, 0.5) is 4.39 Å². The lowest BCUT2D eigenvalue weighted by Gasteiger charge is -2.18. The molecule has 0 saturated carbocycles. The van der Waals surface area contributed by atoms with Gasteiger partial charge in [-0.3, -0.25) is 4.99 Å². The third-order valence-electron chi connectivity index (χ3n) is 3.25. The zero-order valence-corrected chi connectivity index (χ0v) is 13.1. The third-order valence-corrected chi connectivity index (χ3v) is 3.25. The Labute approximate surface area is 128 Å². The van der Waals surface area contributed by atoms with E-state index in [0.717, 1.165) is 5.56 Å². The Hall–Kier alpha value is -2.44. The minimum atomic E-state index is -0.213. The maximum Gasteiger partial charge on any atom is 0.246 e. The zero-order chi connectivity index (χ0) is 16.1. The third kappa shape index (κ3) is 4.03. The van der Waals surface area contributed by atoms with E-state index in [1.54, 1.807) is 27.0 Å². The predicted octanol–water partition coefficient (Wildman–Crippen LogP) is 2.25. The van der Waals surface area contributed by atoms with Crippen molar-refractivity contribution < 1.29 is 8.91 Å². The van der Waals surface area contributed by atoms with Gasteiger partial charge in [0, 0.05) is 7.05 Å². The van der Waals surface area contributed by atoms with Crippen molar-refractivity contribution in [1.29, 1.82) is 0 Å². The zero-order valence-electron chi connectivity index (χ0n) is 13.1. The molecule has 0 spiro atoms. The van der Waals surface area contributed by atoms with Crippen molar-refractivity contribution in [2.75, 3.05) is 7.05 Å². The summed E-state index contributed by atoms with van der Waals surface area (Å²) in [6.07, 6.45) is 0. The molecule has 1 aromatic heterocycles. The van der Waals surface area contributed by atoms with E-state index in [0.29, 0.717) is 29.8 Å². The van der Waals surface area contributed by atoms with Crippen molar-refractivity contribution in [1.82, 2.24) is 20.8 Å². The molecule has 1 atom stereocenters. The molecule has 22 heavy (non-hydrogen) atoms. The number of guanidine groups is 1. The largest absolute Gasteiger partial charge is 0.350 e. The number of hydrogen-bond donors (Lipinski definition) is 2. The average Bonchev–Trinajstić information content (AvgIpc) is 2.91. The second-order valence-electron chi connectivity index (χ2n) is 5.04. The topological polar surface area (TPSA) is 75.3 Å². The number of aromatic nitrogens is 2. The van der Waals surface area contributed by atoms with Crippen LogP contribution in [0.2, 0.25) is 0 Å². The number of hydrogen-bond acceptors (Lipinski definition) is 4. The number of aryl methyl sites for hydroxylation is 2. The highest BCUT2D eigenvalue weighted by molar-refractivity contribution is 5.79. The maximum atomic E-state index is 13.6. The Morgan fingerprint density at radius 2 is 2.18 bits per heavy atom. The highest BCUT2D eigenvalue weighted by Gasteiger charge is 2.10. The van der Waals surface area contributed by atoms with Crippen LogP contribution in [0.25, 0.3) is 0 Å². The van der Waals surface area contributed by atoms with Crippen LogP contribution in [0.3, 0.4) is 0 Å². The summed E-state index contributed by atoms with van der Waals surface area (Å²) in [7, 11) is 1.66. The summed E-state index contributed by atoms with van der Waals surface area (Å²) in [5.41, 5.74) is 1.48. The molecule has 1 unspecified atom stereocenters. The van der Waals surface area contributed by atoms with Crippen molar-refractivity contribution in [2.24, 2.45) is 4.99 Å². The van der Waals surface area contributed by atoms with Crippen LogP contribution in [0.5, 0.6) is 0 Å². The molecule has 0 aliphatic carbocycles. The molecular weight excluding hydrogens is 285 g/mol. The van der Waals surface area contributed by atoms with E-state index in [1.165, 1.54) is 6.07 Å². The van der Waals surface area contributed by atoms with E-state index in [-0.39, 0.29) is 11.9 Å². The summed E-state index contributed by atoms with van der Waals surface area (Å²) in [5, 5.41) is 9.98. The fraction of sp³-hybridized carbons (Fsp3) is 0.400. The smallest absolute Gasteiger partial charge is 0.246 e. The molecule has 1 aromatic carbocycles. The molecule has 0 aliphatic heterocycles. The number of rotatable bonds is 4. The van der Waals surface area contributed by atoms with E-state index in [1.807, 2.05) is 13.0 Å². The first-order valence-corrected chi connectivity index (χ1v) is 7.02. The van der Waals surface area contributed by atoms with E-state index in [4.69, 9.17) is 4.52 Å². The van der Waals surface area contributed by atoms with Gasteiger partial charge in [-0.1, -0.05) is 17.3 Å². The number of nitrogens with one attached hydrogen (secondary N) is 2. The van der Waals surface area contributed by atoms with Crippen LogP contribution < -0.4 is 10.6 Å². The first-order valence-electron chi connectivity index (χ1n) is 7.02. The summed E-state index contributed by atoms with van der Waals surface area (Å²) in [6, 6.07) is 5.10. The molecule has 0 aliphatic rings. The Morgan fingerprint density at radius 3 is 2.77 bits per heavy atom. The van der Waals surface area contributed by atoms with Gasteiger partial charge in [0.05, 0.1) is 12.6 Å². The highest BCUT2D eigenvalue weighted by Crippen LogP contribution is 2.16. The van der Waals surface area contributed by atoms with E-state index in [2.05, 4.69) is 25.8 Å². The van der Waals surface area contributed by atoms with Gasteiger partial charge in [-0.2, -0.15) is 4.98 Å². The van der Waals surface area contributed by atoms with Crippen LogP contribution in [-0.2, 0) is 6.54 Å². The van der Waals surface area contributed by atoms with Crippen molar-refractivity contribution >= 4 is 5.96 Å². The van der Waals surface area contributed by atoms with Gasteiger partial charge in [-0.15, -0.1) is 0 Å². The van der Waals surface area contributed by atoms with Gasteiger partial charge in [0.25, 0.3) is 0 Å². The molecule has 2 N–H and O–H groups in total. The number of aliphatic imine (C=N–C) groups is 1. The van der Waals surface area contributed by atoms with Crippen molar-refractivity contribution in [2.45, 2.75) is 33.4 Å². The van der Waals surface area contributed by atoms with E-state index < -0.39 is 0 Å². The lowest BCUT2D eigenvalue weighted by atomic mass is 10.1. The van der Waals surface area contributed by atoms with Crippen molar-refractivity contribution in [3.05, 3.63) is 46.9 Å². The summed E-state index contributed by atoms with van der Waals surface area (Å²) < 4.78 is 18.7. The SMILES string of the molecule is CN=C(NCc1nc(C)no1)NC(C)c1ccc(C)c(F)c1. The summed E-state index contributed by atoms with van der Waals surface area (Å²) >= 11 is 0. The van der Waals surface area contributed by atoms with Gasteiger partial charge in [-0.05, 0) is 38.0 Å². The standard InChI is InChI=1S/C15H20FN5O/c1-9-5-6-12(7-13(9)16)10(2)19-15(17-4)18-8-14-20-11(3)21-22-14/h5-7,10H,8H2,1-4H3,(H2,17,18,19). The minimum Gasteiger partial charge on any atom is -0.350 e. The maximum absolute atomic E-state index is 13.6. The van der Waals surface area contributed by atoms with Crippen molar-refractivity contribution in [3.8, 4) is 0 Å². The van der Waals surface area contributed by atoms with Gasteiger partial charge in [0.2, 0.25) is 5.89 Å². The quantitative estimate of drug-likeness (QED) is 0.669. The van der Waals surface area contributed by atoms with Crippen LogP contribution in [0, 0.1) is 19.7 Å². The molecular formula is C15H20FN5O. The van der Waals surface area contributed by atoms with Gasteiger partial charge in [-0.25, -0.2) is 4.39 Å². The normalized spacial score (nSPS) is 13.0. The predicted molar refractivity (Wildman–Crippen MR) is 81.9 cm³/mol. The van der Waals surface area contributed by atoms with E-state index in [9.17, 15) is 4.39 Å². The molecule has 118 valence electrons. The van der Waals surface area contributed by atoms with Crippen LogP contribution in [0.1, 0.15) is 35.8 Å². The number of nitrogens with zero attached hydrogens (tertiary/aromatic N) is 3. The Morgan fingerprint density at radius 1 is 1.41 bits per heavy atom. The Kier molecular flexibility index (Phi) is 5.08. The molecule has 0 bridgehead atoms. The molecule has 1 heterocycles. The molecule has 2 rings (SSSR count). The highest BCUT2D eigenvalue weighted by atomic mass is 19.1. The number of halogens is 1. The molecule has 0 fully saturated rings. The van der Waals surface area contributed by atoms with Gasteiger partial charge >= 0.3 is 0 Å². The van der Waals surface area contributed by atoms with Gasteiger partial charge < -0.3 is 15.2 Å². The summed E-state index contributed by atoms with van der Waals surface area (Å²) in [4.78, 5) is 8.23. The monoisotopic (exact) mass is 305 g/mol. The summed E-state index contributed by atoms with van der Waals surface area (Å²) in [6.45, 7) is 5.81. The van der Waals surface area contributed by atoms with E-state index >= 15 is 0 Å². The fourth-order valence-corrected chi connectivity index (χ4v) is 1.93. The van der Waals surface area contributed by atoms with Crippen molar-refractivity contribution in [3.63, 3.8) is 0 Å². The Bertz CT molecular complexity index is 668. The van der Waals surface area contributed by atoms with Crippen LogP contribution in [0.15, 0.2) is 27.7 Å². The lowest BCUT2D eigenvalue weighted by molar-refractivity contribution is 0.371. The van der Waals surface area contributed by atoms with Gasteiger partial charge in [0.1, 0.15) is 5.82 Å². The first kappa shape index (κ1) is 15.9. The molecule has 0 radical (unpaired) electrons. The fourth-order valence-electron chi connectivity index (χ4n) is 1.93. The minimum absolute atomic E-state index is 0.0919. The summed E-state index contributed by atoms with van der Waals surface area (Å²) in [5.74, 6) is 1.43. The number of benzene rings is 1. The molecule has 7 heteroatoms. The molecule has 0 saturated heterocycles. The molecule has 0 amide bonds. The first-order chi connectivity index (χ1) is 10.5. The lowest BCUT2D eigenvalue weighted by Crippen LogP contribution is -2.38. The Balaban J connectivity index is 1.95. The molecule has 2 aromatic rings. The second kappa shape index (κ2) is 7.02. The van der Waals surface area contributed by atoms with Gasteiger partial charge in [0.15, 0.2) is 11.8 Å². The van der Waals surface area contributed by atoms with Crippen LogP contribution in [-0.4, -0.2) is 23.1 Å².